The molecule has 5 aromatic rings. The molecule has 0 aliphatic carbocycles. The fourth-order valence-electron chi connectivity index (χ4n) is 3.40. The van der Waals surface area contributed by atoms with Crippen LogP contribution in [0.1, 0.15) is 11.5 Å². The lowest BCUT2D eigenvalue weighted by Gasteiger charge is -2.10. The van der Waals surface area contributed by atoms with Crippen molar-refractivity contribution in [2.45, 2.75) is 13.8 Å². The molecule has 0 spiro atoms. The molecular weight excluding hydrogens is 392 g/mol. The third kappa shape index (κ3) is 3.54. The van der Waals surface area contributed by atoms with Gasteiger partial charge in [-0.2, -0.15) is 20.1 Å². The van der Waals surface area contributed by atoms with Gasteiger partial charge in [-0.3, -0.25) is 10.1 Å². The number of hydrogen-bond acceptors (Lipinski definition) is 8. The van der Waals surface area contributed by atoms with Gasteiger partial charge in [-0.15, -0.1) is 0 Å². The van der Waals surface area contributed by atoms with E-state index in [1.165, 1.54) is 0 Å². The monoisotopic (exact) mass is 412 g/mol. The zero-order valence-electron chi connectivity index (χ0n) is 17.2. The fourth-order valence-corrected chi connectivity index (χ4v) is 3.40. The predicted octanol–water partition coefficient (Wildman–Crippen LogP) is 3.40. The quantitative estimate of drug-likeness (QED) is 0.401. The summed E-state index contributed by atoms with van der Waals surface area (Å²) in [6.45, 7) is 3.81. The molecule has 4 aromatic heterocycles. The average Bonchev–Trinajstić information content (AvgIpc) is 3.40. The highest BCUT2D eigenvalue weighted by Crippen LogP contribution is 2.29. The third-order valence-electron chi connectivity index (χ3n) is 4.79. The molecule has 0 saturated carbocycles. The predicted molar refractivity (Wildman–Crippen MR) is 119 cm³/mol. The van der Waals surface area contributed by atoms with E-state index in [0.29, 0.717) is 29.5 Å². The number of aromatic amines is 1. The Morgan fingerprint density at radius 3 is 2.55 bits per heavy atom. The standard InChI is InChI=1S/C21H20N10/c1-12-10-15(6-8-23-12)14-4-5-17-16(11-14)27-21(28-18-7-9-24-30-18)31(17)20-26-13(2)25-19(22-3)29-20/h4-11H,1-3H3,(H,22,25,26,29)(H2,24,27,28,30). The Morgan fingerprint density at radius 1 is 0.903 bits per heavy atom. The molecule has 0 saturated heterocycles. The molecular formula is C21H20N10. The molecule has 0 aliphatic rings. The molecule has 0 fully saturated rings. The minimum atomic E-state index is 0.467. The SMILES string of the molecule is CNc1nc(C)nc(-n2c(Nc3ccn[nH]3)nc3cc(-c4ccnc(C)c4)ccc32)n1. The number of pyridine rings is 1. The Labute approximate surface area is 177 Å². The van der Waals surface area contributed by atoms with Crippen molar-refractivity contribution < 1.29 is 0 Å². The van der Waals surface area contributed by atoms with Crippen molar-refractivity contribution in [3.63, 3.8) is 0 Å². The van der Waals surface area contributed by atoms with Crippen LogP contribution >= 0.6 is 0 Å². The molecule has 0 radical (unpaired) electrons. The summed E-state index contributed by atoms with van der Waals surface area (Å²) in [6.07, 6.45) is 3.48. The molecule has 0 atom stereocenters. The van der Waals surface area contributed by atoms with Crippen LogP contribution in [0.15, 0.2) is 48.8 Å². The van der Waals surface area contributed by atoms with Gasteiger partial charge in [0.05, 0.1) is 17.2 Å². The van der Waals surface area contributed by atoms with Crippen molar-refractivity contribution in [2.75, 3.05) is 17.7 Å². The highest BCUT2D eigenvalue weighted by atomic mass is 15.3. The number of benzene rings is 1. The second-order valence-corrected chi connectivity index (χ2v) is 7.01. The van der Waals surface area contributed by atoms with Crippen molar-refractivity contribution in [3.05, 3.63) is 60.3 Å². The molecule has 31 heavy (non-hydrogen) atoms. The van der Waals surface area contributed by atoms with Crippen molar-refractivity contribution in [2.24, 2.45) is 0 Å². The summed E-state index contributed by atoms with van der Waals surface area (Å²) in [7, 11) is 1.78. The van der Waals surface area contributed by atoms with E-state index in [9.17, 15) is 0 Å². The van der Waals surface area contributed by atoms with Gasteiger partial charge in [0.25, 0.3) is 0 Å². The maximum Gasteiger partial charge on any atom is 0.242 e. The second kappa shape index (κ2) is 7.48. The Hall–Kier alpha value is -4.34. The van der Waals surface area contributed by atoms with Gasteiger partial charge in [0.2, 0.25) is 17.8 Å². The first-order valence-electron chi connectivity index (χ1n) is 9.73. The molecule has 5 rings (SSSR count). The van der Waals surface area contributed by atoms with E-state index in [1.54, 1.807) is 13.2 Å². The maximum absolute atomic E-state index is 4.83. The van der Waals surface area contributed by atoms with E-state index in [-0.39, 0.29) is 0 Å². The van der Waals surface area contributed by atoms with E-state index in [1.807, 2.05) is 48.9 Å². The molecule has 10 heteroatoms. The normalized spacial score (nSPS) is 11.1. The molecule has 0 unspecified atom stereocenters. The lowest BCUT2D eigenvalue weighted by molar-refractivity contribution is 0.887. The van der Waals surface area contributed by atoms with Gasteiger partial charge in [0, 0.05) is 25.0 Å². The van der Waals surface area contributed by atoms with Gasteiger partial charge in [-0.1, -0.05) is 6.07 Å². The minimum absolute atomic E-state index is 0.467. The van der Waals surface area contributed by atoms with Crippen LogP contribution < -0.4 is 10.6 Å². The molecule has 0 aliphatic heterocycles. The molecule has 0 amide bonds. The number of H-pyrrole nitrogens is 1. The Kier molecular flexibility index (Phi) is 4.51. The van der Waals surface area contributed by atoms with E-state index in [0.717, 1.165) is 27.9 Å². The molecule has 1 aromatic carbocycles. The van der Waals surface area contributed by atoms with Crippen LogP contribution in [0, 0.1) is 13.8 Å². The second-order valence-electron chi connectivity index (χ2n) is 7.01. The maximum atomic E-state index is 4.83. The van der Waals surface area contributed by atoms with Crippen LogP contribution in [0.4, 0.5) is 17.7 Å². The van der Waals surface area contributed by atoms with Crippen LogP contribution in [0.3, 0.4) is 0 Å². The van der Waals surface area contributed by atoms with Crippen LogP contribution in [0.25, 0.3) is 28.1 Å². The highest BCUT2D eigenvalue weighted by molar-refractivity contribution is 5.86. The smallest absolute Gasteiger partial charge is 0.242 e. The molecule has 0 bridgehead atoms. The average molecular weight is 412 g/mol. The van der Waals surface area contributed by atoms with Crippen LogP contribution in [-0.2, 0) is 0 Å². The number of aryl methyl sites for hydroxylation is 2. The zero-order chi connectivity index (χ0) is 21.4. The molecule has 10 nitrogen and oxygen atoms in total. The molecule has 154 valence electrons. The minimum Gasteiger partial charge on any atom is -0.357 e. The lowest BCUT2D eigenvalue weighted by Crippen LogP contribution is -2.10. The van der Waals surface area contributed by atoms with Crippen molar-refractivity contribution in [3.8, 4) is 17.1 Å². The van der Waals surface area contributed by atoms with Crippen LogP contribution in [0.5, 0.6) is 0 Å². The van der Waals surface area contributed by atoms with Gasteiger partial charge in [-0.05, 0) is 49.2 Å². The first-order chi connectivity index (χ1) is 15.1. The van der Waals surface area contributed by atoms with E-state index in [4.69, 9.17) is 4.98 Å². The van der Waals surface area contributed by atoms with Crippen molar-refractivity contribution in [1.29, 1.82) is 0 Å². The first kappa shape index (κ1) is 18.7. The largest absolute Gasteiger partial charge is 0.357 e. The number of hydrogen-bond donors (Lipinski definition) is 3. The summed E-state index contributed by atoms with van der Waals surface area (Å²) in [5.74, 6) is 2.83. The van der Waals surface area contributed by atoms with Gasteiger partial charge >= 0.3 is 0 Å². The Bertz CT molecular complexity index is 1370. The summed E-state index contributed by atoms with van der Waals surface area (Å²) in [6, 6.07) is 12.0. The number of imidazole rings is 1. The van der Waals surface area contributed by atoms with Crippen LogP contribution in [0.2, 0.25) is 0 Å². The van der Waals surface area contributed by atoms with Gasteiger partial charge in [0.1, 0.15) is 11.6 Å². The number of nitrogens with zero attached hydrogens (tertiary/aromatic N) is 7. The topological polar surface area (TPSA) is 122 Å². The van der Waals surface area contributed by atoms with Crippen molar-refractivity contribution in [1.82, 2.24) is 39.7 Å². The highest BCUT2D eigenvalue weighted by Gasteiger charge is 2.17. The summed E-state index contributed by atoms with van der Waals surface area (Å²) < 4.78 is 1.87. The van der Waals surface area contributed by atoms with E-state index < -0.39 is 0 Å². The number of nitrogens with one attached hydrogen (secondary N) is 3. The van der Waals surface area contributed by atoms with Gasteiger partial charge < -0.3 is 10.6 Å². The first-order valence-corrected chi connectivity index (χ1v) is 9.73. The summed E-state index contributed by atoms with van der Waals surface area (Å²) in [4.78, 5) is 22.5. The van der Waals surface area contributed by atoms with Gasteiger partial charge in [0.15, 0.2) is 0 Å². The Balaban J connectivity index is 1.70. The molecule has 4 heterocycles. The van der Waals surface area contributed by atoms with E-state index >= 15 is 0 Å². The number of aromatic nitrogens is 8. The van der Waals surface area contributed by atoms with Crippen LogP contribution in [-0.4, -0.2) is 46.7 Å². The number of fused-ring (bicyclic) bond motifs is 1. The van der Waals surface area contributed by atoms with Gasteiger partial charge in [-0.25, -0.2) is 9.55 Å². The Morgan fingerprint density at radius 2 is 1.77 bits per heavy atom. The number of rotatable bonds is 5. The summed E-state index contributed by atoms with van der Waals surface area (Å²) in [5, 5.41) is 13.1. The van der Waals surface area contributed by atoms with E-state index in [2.05, 4.69) is 52.9 Å². The van der Waals surface area contributed by atoms with Crippen molar-refractivity contribution >= 4 is 28.7 Å². The third-order valence-corrected chi connectivity index (χ3v) is 4.79. The number of anilines is 3. The fraction of sp³-hybridized carbons (Fsp3) is 0.143. The molecule has 3 N–H and O–H groups in total. The summed E-state index contributed by atoms with van der Waals surface area (Å²) in [5.41, 5.74) is 4.77. The lowest BCUT2D eigenvalue weighted by atomic mass is 10.1. The summed E-state index contributed by atoms with van der Waals surface area (Å²) >= 11 is 0. The zero-order valence-corrected chi connectivity index (χ0v) is 17.2.